The number of hydrogen-bond donors (Lipinski definition) is 7. The number of hydrogen-bond acceptors (Lipinski definition) is 6. The number of benzene rings is 1. The maximum absolute atomic E-state index is 13.4. The standard InChI is InChI=1S/C26H38N6O6/c1-13(2)9-19(30-23(34)17(27)11-21(28)33)24(35)31-20(25(36)32-22(14(3)4)26(37)38)10-15-12-29-18-8-6-5-7-16(15)18/h5-8,12-14,17,19-20,22,29H,9-11,27H2,1-4H3,(H2,28,33)(H,30,34)(H,31,35)(H,32,36)(H,37,38). The van der Waals surface area contributed by atoms with Crippen molar-refractivity contribution in [2.75, 3.05) is 0 Å². The van der Waals surface area contributed by atoms with Crippen molar-refractivity contribution < 1.29 is 29.1 Å². The van der Waals surface area contributed by atoms with Crippen molar-refractivity contribution in [1.29, 1.82) is 0 Å². The molecule has 38 heavy (non-hydrogen) atoms. The Morgan fingerprint density at radius 2 is 1.53 bits per heavy atom. The van der Waals surface area contributed by atoms with E-state index < -0.39 is 59.7 Å². The number of rotatable bonds is 14. The van der Waals surface area contributed by atoms with Crippen LogP contribution in [-0.2, 0) is 30.4 Å². The zero-order valence-electron chi connectivity index (χ0n) is 22.1. The highest BCUT2D eigenvalue weighted by Gasteiger charge is 2.32. The Bertz CT molecular complexity index is 1160. The molecule has 1 aromatic heterocycles. The zero-order valence-corrected chi connectivity index (χ0v) is 22.1. The van der Waals surface area contributed by atoms with E-state index in [1.165, 1.54) is 0 Å². The van der Waals surface area contributed by atoms with Crippen LogP contribution in [0.15, 0.2) is 30.5 Å². The van der Waals surface area contributed by atoms with Gasteiger partial charge in [-0.05, 0) is 29.9 Å². The Morgan fingerprint density at radius 3 is 2.11 bits per heavy atom. The molecule has 208 valence electrons. The second kappa shape index (κ2) is 13.6. The van der Waals surface area contributed by atoms with Crippen LogP contribution in [0.2, 0.25) is 0 Å². The molecule has 1 heterocycles. The average Bonchev–Trinajstić information content (AvgIpc) is 3.23. The van der Waals surface area contributed by atoms with E-state index in [0.29, 0.717) is 0 Å². The lowest BCUT2D eigenvalue weighted by atomic mass is 9.99. The van der Waals surface area contributed by atoms with Gasteiger partial charge in [0, 0.05) is 23.5 Å². The molecule has 2 aromatic rings. The quantitative estimate of drug-likeness (QED) is 0.180. The zero-order chi connectivity index (χ0) is 28.6. The van der Waals surface area contributed by atoms with Gasteiger partial charge in [0.2, 0.25) is 23.6 Å². The third kappa shape index (κ3) is 8.58. The van der Waals surface area contributed by atoms with E-state index in [4.69, 9.17) is 11.5 Å². The number of aromatic amines is 1. The number of aromatic nitrogens is 1. The molecular formula is C26H38N6O6. The van der Waals surface area contributed by atoms with Gasteiger partial charge in [-0.15, -0.1) is 0 Å². The Kier molecular flexibility index (Phi) is 10.8. The van der Waals surface area contributed by atoms with Crippen LogP contribution >= 0.6 is 0 Å². The normalized spacial score (nSPS) is 14.5. The number of amides is 4. The van der Waals surface area contributed by atoms with Gasteiger partial charge in [-0.2, -0.15) is 0 Å². The first-order valence-corrected chi connectivity index (χ1v) is 12.5. The summed E-state index contributed by atoms with van der Waals surface area (Å²) in [5.74, 6) is -4.42. The van der Waals surface area contributed by atoms with Crippen LogP contribution in [-0.4, -0.2) is 63.9 Å². The number of nitrogens with two attached hydrogens (primary N) is 2. The molecule has 12 nitrogen and oxygen atoms in total. The van der Waals surface area contributed by atoms with Crippen molar-refractivity contribution in [2.24, 2.45) is 23.3 Å². The number of carbonyl (C=O) groups excluding carboxylic acids is 4. The maximum atomic E-state index is 13.4. The molecule has 4 atom stereocenters. The summed E-state index contributed by atoms with van der Waals surface area (Å²) in [4.78, 5) is 65.2. The summed E-state index contributed by atoms with van der Waals surface area (Å²) in [5, 5.41) is 18.2. The third-order valence-corrected chi connectivity index (χ3v) is 6.06. The Labute approximate surface area is 221 Å². The number of H-pyrrole nitrogens is 1. The molecule has 0 saturated heterocycles. The molecule has 0 radical (unpaired) electrons. The van der Waals surface area contributed by atoms with Gasteiger partial charge in [0.05, 0.1) is 12.5 Å². The summed E-state index contributed by atoms with van der Waals surface area (Å²) in [6.07, 6.45) is 1.63. The summed E-state index contributed by atoms with van der Waals surface area (Å²) < 4.78 is 0. The number of aliphatic carboxylic acids is 1. The fourth-order valence-electron chi connectivity index (χ4n) is 4.06. The highest BCUT2D eigenvalue weighted by molar-refractivity contribution is 5.95. The van der Waals surface area contributed by atoms with Crippen LogP contribution in [0.3, 0.4) is 0 Å². The number of para-hydroxylation sites is 1. The van der Waals surface area contributed by atoms with E-state index in [-0.39, 0.29) is 25.2 Å². The van der Waals surface area contributed by atoms with Crippen LogP contribution in [0.5, 0.6) is 0 Å². The van der Waals surface area contributed by atoms with Crippen LogP contribution in [0.25, 0.3) is 10.9 Å². The van der Waals surface area contributed by atoms with Crippen LogP contribution < -0.4 is 27.4 Å². The van der Waals surface area contributed by atoms with Crippen molar-refractivity contribution in [3.8, 4) is 0 Å². The lowest BCUT2D eigenvalue weighted by Crippen LogP contribution is -2.58. The fourth-order valence-corrected chi connectivity index (χ4v) is 4.06. The Hall–Kier alpha value is -3.93. The van der Waals surface area contributed by atoms with Crippen LogP contribution in [0, 0.1) is 11.8 Å². The van der Waals surface area contributed by atoms with E-state index in [2.05, 4.69) is 20.9 Å². The molecule has 1 aromatic carbocycles. The number of nitrogens with one attached hydrogen (secondary N) is 4. The van der Waals surface area contributed by atoms with E-state index >= 15 is 0 Å². The summed E-state index contributed by atoms with van der Waals surface area (Å²) >= 11 is 0. The second-order valence-electron chi connectivity index (χ2n) is 10.2. The monoisotopic (exact) mass is 530 g/mol. The van der Waals surface area contributed by atoms with Crippen LogP contribution in [0.1, 0.15) is 46.1 Å². The van der Waals surface area contributed by atoms with Gasteiger partial charge >= 0.3 is 5.97 Å². The first-order valence-electron chi connectivity index (χ1n) is 12.5. The van der Waals surface area contributed by atoms with Gasteiger partial charge < -0.3 is 37.5 Å². The smallest absolute Gasteiger partial charge is 0.326 e. The highest BCUT2D eigenvalue weighted by atomic mass is 16.4. The van der Waals surface area contributed by atoms with Gasteiger partial charge in [0.15, 0.2) is 0 Å². The molecular weight excluding hydrogens is 492 g/mol. The number of primary amides is 1. The minimum Gasteiger partial charge on any atom is -0.480 e. The second-order valence-corrected chi connectivity index (χ2v) is 10.2. The molecule has 0 bridgehead atoms. The van der Waals surface area contributed by atoms with Gasteiger partial charge in [-0.1, -0.05) is 45.9 Å². The summed E-state index contributed by atoms with van der Waals surface area (Å²) in [5.41, 5.74) is 12.4. The molecule has 0 aliphatic rings. The minimum absolute atomic E-state index is 0.0170. The minimum atomic E-state index is -1.23. The molecule has 0 fully saturated rings. The largest absolute Gasteiger partial charge is 0.480 e. The van der Waals surface area contributed by atoms with E-state index in [1.54, 1.807) is 20.0 Å². The number of carbonyl (C=O) groups is 5. The number of carboxylic acids is 1. The predicted molar refractivity (Wildman–Crippen MR) is 142 cm³/mol. The molecule has 2 rings (SSSR count). The lowest BCUT2D eigenvalue weighted by Gasteiger charge is -2.26. The Balaban J connectivity index is 2.32. The first-order chi connectivity index (χ1) is 17.8. The molecule has 0 aliphatic carbocycles. The molecule has 9 N–H and O–H groups in total. The first kappa shape index (κ1) is 30.3. The van der Waals surface area contributed by atoms with Crippen molar-refractivity contribution in [3.63, 3.8) is 0 Å². The Morgan fingerprint density at radius 1 is 0.921 bits per heavy atom. The van der Waals surface area contributed by atoms with Crippen molar-refractivity contribution in [2.45, 2.75) is 71.1 Å². The predicted octanol–water partition coefficient (Wildman–Crippen LogP) is 0.154. The summed E-state index contributed by atoms with van der Waals surface area (Å²) in [6, 6.07) is 2.84. The van der Waals surface area contributed by atoms with Gasteiger partial charge in [-0.3, -0.25) is 19.2 Å². The van der Waals surface area contributed by atoms with Crippen LogP contribution in [0.4, 0.5) is 0 Å². The van der Waals surface area contributed by atoms with Gasteiger partial charge in [-0.25, -0.2) is 4.79 Å². The molecule has 0 saturated carbocycles. The van der Waals surface area contributed by atoms with Crippen molar-refractivity contribution in [1.82, 2.24) is 20.9 Å². The number of carboxylic acid groups (broad SMARTS) is 1. The average molecular weight is 531 g/mol. The van der Waals surface area contributed by atoms with E-state index in [1.807, 2.05) is 38.1 Å². The molecule has 4 amide bonds. The summed E-state index contributed by atoms with van der Waals surface area (Å²) in [7, 11) is 0. The maximum Gasteiger partial charge on any atom is 0.326 e. The van der Waals surface area contributed by atoms with Crippen molar-refractivity contribution >= 4 is 40.5 Å². The van der Waals surface area contributed by atoms with Crippen molar-refractivity contribution in [3.05, 3.63) is 36.0 Å². The molecule has 4 unspecified atom stereocenters. The van der Waals surface area contributed by atoms with Gasteiger partial charge in [0.25, 0.3) is 0 Å². The fraction of sp³-hybridized carbons (Fsp3) is 0.500. The topological polar surface area (TPSA) is 209 Å². The van der Waals surface area contributed by atoms with E-state index in [9.17, 15) is 29.1 Å². The molecule has 12 heteroatoms. The number of fused-ring (bicyclic) bond motifs is 1. The van der Waals surface area contributed by atoms with E-state index in [0.717, 1.165) is 16.5 Å². The SMILES string of the molecule is CC(C)CC(NC(=O)C(N)CC(N)=O)C(=O)NC(Cc1c[nH]c2ccccc12)C(=O)NC(C(=O)O)C(C)C. The molecule has 0 spiro atoms. The van der Waals surface area contributed by atoms with Gasteiger partial charge in [0.1, 0.15) is 18.1 Å². The molecule has 0 aliphatic heterocycles. The lowest BCUT2D eigenvalue weighted by molar-refractivity contribution is -0.143. The highest BCUT2D eigenvalue weighted by Crippen LogP contribution is 2.19. The summed E-state index contributed by atoms with van der Waals surface area (Å²) in [6.45, 7) is 7.03. The third-order valence-electron chi connectivity index (χ3n) is 6.06.